The number of hydrogen-bond acceptors (Lipinski definition) is 2. The number of ether oxygens (including phenoxy) is 2. The summed E-state index contributed by atoms with van der Waals surface area (Å²) in [6, 6.07) is 5.88. The molecule has 0 N–H and O–H groups in total. The SMILES string of the molecule is CCCOc1ccc(C(CC(F)(F)C(F)(F)F)OC)cc1. The quantitative estimate of drug-likeness (QED) is 0.676. The molecular formula is C14H17F5O2. The fraction of sp³-hybridized carbons (Fsp3) is 0.571. The van der Waals surface area contributed by atoms with Crippen LogP contribution in [0, 0.1) is 0 Å². The van der Waals surface area contributed by atoms with Gasteiger partial charge in [0.15, 0.2) is 0 Å². The van der Waals surface area contributed by atoms with Gasteiger partial charge in [-0.1, -0.05) is 19.1 Å². The molecule has 1 rings (SSSR count). The molecule has 0 saturated heterocycles. The molecule has 0 spiro atoms. The van der Waals surface area contributed by atoms with Crippen LogP contribution in [0.5, 0.6) is 5.75 Å². The molecule has 1 aromatic rings. The summed E-state index contributed by atoms with van der Waals surface area (Å²) in [5.74, 6) is -4.27. The average molecular weight is 312 g/mol. The van der Waals surface area contributed by atoms with Crippen LogP contribution in [0.4, 0.5) is 22.0 Å². The second-order valence-corrected chi connectivity index (χ2v) is 4.55. The maximum atomic E-state index is 13.1. The zero-order valence-electron chi connectivity index (χ0n) is 11.7. The van der Waals surface area contributed by atoms with Gasteiger partial charge in [-0.25, -0.2) is 0 Å². The van der Waals surface area contributed by atoms with Crippen LogP contribution in [0.25, 0.3) is 0 Å². The first-order chi connectivity index (χ1) is 9.71. The minimum absolute atomic E-state index is 0.241. The number of methoxy groups -OCH3 is 1. The number of halogens is 5. The lowest BCUT2D eigenvalue weighted by Crippen LogP contribution is -2.38. The molecule has 0 heterocycles. The number of benzene rings is 1. The Bertz CT molecular complexity index is 428. The molecule has 0 bridgehead atoms. The highest BCUT2D eigenvalue weighted by Crippen LogP contribution is 2.42. The van der Waals surface area contributed by atoms with Gasteiger partial charge in [-0.2, -0.15) is 22.0 Å². The van der Waals surface area contributed by atoms with E-state index in [0.717, 1.165) is 13.5 Å². The van der Waals surface area contributed by atoms with E-state index in [1.54, 1.807) is 0 Å². The highest BCUT2D eigenvalue weighted by atomic mass is 19.4. The first-order valence-electron chi connectivity index (χ1n) is 6.41. The van der Waals surface area contributed by atoms with Gasteiger partial charge in [0.05, 0.1) is 19.1 Å². The molecule has 0 saturated carbocycles. The molecule has 7 heteroatoms. The van der Waals surface area contributed by atoms with Gasteiger partial charge in [0, 0.05) is 7.11 Å². The van der Waals surface area contributed by atoms with Gasteiger partial charge in [0.2, 0.25) is 0 Å². The van der Waals surface area contributed by atoms with Crippen LogP contribution in [0.2, 0.25) is 0 Å². The summed E-state index contributed by atoms with van der Waals surface area (Å²) in [4.78, 5) is 0. The van der Waals surface area contributed by atoms with Gasteiger partial charge < -0.3 is 9.47 Å². The molecular weight excluding hydrogens is 295 g/mol. The zero-order chi connectivity index (χ0) is 16.1. The summed E-state index contributed by atoms with van der Waals surface area (Å²) in [5, 5.41) is 0. The standard InChI is InChI=1S/C14H17F5O2/c1-3-8-21-11-6-4-10(5-7-11)12(20-2)9-13(15,16)14(17,18)19/h4-7,12H,3,8-9H2,1-2H3. The van der Waals surface area contributed by atoms with Crippen molar-refractivity contribution in [1.29, 1.82) is 0 Å². The molecule has 0 aliphatic rings. The van der Waals surface area contributed by atoms with Crippen LogP contribution in [0.3, 0.4) is 0 Å². The Balaban J connectivity index is 2.81. The molecule has 0 fully saturated rings. The highest BCUT2D eigenvalue weighted by Gasteiger charge is 2.58. The highest BCUT2D eigenvalue weighted by molar-refractivity contribution is 5.28. The van der Waals surface area contributed by atoms with Crippen LogP contribution in [-0.4, -0.2) is 25.8 Å². The number of hydrogen-bond donors (Lipinski definition) is 0. The van der Waals surface area contributed by atoms with Crippen LogP contribution in [-0.2, 0) is 4.74 Å². The second kappa shape index (κ2) is 7.06. The predicted molar refractivity (Wildman–Crippen MR) is 67.6 cm³/mol. The van der Waals surface area contributed by atoms with E-state index in [9.17, 15) is 22.0 Å². The van der Waals surface area contributed by atoms with Crippen molar-refractivity contribution < 1.29 is 31.4 Å². The fourth-order valence-corrected chi connectivity index (χ4v) is 1.68. The maximum absolute atomic E-state index is 13.1. The van der Waals surface area contributed by atoms with Crippen LogP contribution >= 0.6 is 0 Å². The van der Waals surface area contributed by atoms with E-state index in [4.69, 9.17) is 9.47 Å². The second-order valence-electron chi connectivity index (χ2n) is 4.55. The normalized spacial score (nSPS) is 14.0. The fourth-order valence-electron chi connectivity index (χ4n) is 1.68. The minimum Gasteiger partial charge on any atom is -0.494 e. The van der Waals surface area contributed by atoms with Crippen molar-refractivity contribution in [1.82, 2.24) is 0 Å². The third-order valence-electron chi connectivity index (χ3n) is 2.87. The van der Waals surface area contributed by atoms with E-state index < -0.39 is 24.6 Å². The summed E-state index contributed by atoms with van der Waals surface area (Å²) in [5.41, 5.74) is 0.241. The summed E-state index contributed by atoms with van der Waals surface area (Å²) in [6.07, 6.45) is -7.59. The Morgan fingerprint density at radius 3 is 2.05 bits per heavy atom. The molecule has 0 radical (unpaired) electrons. The van der Waals surface area contributed by atoms with Crippen LogP contribution < -0.4 is 4.74 Å². The Labute approximate surface area is 119 Å². The molecule has 0 aliphatic carbocycles. The minimum atomic E-state index is -5.59. The Morgan fingerprint density at radius 2 is 1.62 bits per heavy atom. The van der Waals surface area contributed by atoms with Gasteiger partial charge in [-0.3, -0.25) is 0 Å². The van der Waals surface area contributed by atoms with E-state index in [0.29, 0.717) is 12.4 Å². The summed E-state index contributed by atoms with van der Waals surface area (Å²) in [7, 11) is 1.10. The molecule has 2 nitrogen and oxygen atoms in total. The zero-order valence-corrected chi connectivity index (χ0v) is 11.7. The number of rotatable bonds is 7. The molecule has 0 aliphatic heterocycles. The molecule has 120 valence electrons. The van der Waals surface area contributed by atoms with Crippen molar-refractivity contribution in [3.05, 3.63) is 29.8 Å². The third kappa shape index (κ3) is 4.84. The van der Waals surface area contributed by atoms with Crippen molar-refractivity contribution >= 4 is 0 Å². The van der Waals surface area contributed by atoms with Crippen molar-refractivity contribution in [2.75, 3.05) is 13.7 Å². The van der Waals surface area contributed by atoms with E-state index in [1.165, 1.54) is 24.3 Å². The summed E-state index contributed by atoms with van der Waals surface area (Å²) >= 11 is 0. The topological polar surface area (TPSA) is 18.5 Å². The van der Waals surface area contributed by atoms with Crippen LogP contribution in [0.1, 0.15) is 31.4 Å². The van der Waals surface area contributed by atoms with Crippen molar-refractivity contribution in [2.45, 2.75) is 38.0 Å². The lowest BCUT2D eigenvalue weighted by Gasteiger charge is -2.24. The number of alkyl halides is 5. The van der Waals surface area contributed by atoms with E-state index in [2.05, 4.69) is 0 Å². The molecule has 21 heavy (non-hydrogen) atoms. The van der Waals surface area contributed by atoms with E-state index in [1.807, 2.05) is 6.92 Å². The Morgan fingerprint density at radius 1 is 1.05 bits per heavy atom. The van der Waals surface area contributed by atoms with Gasteiger partial charge in [0.25, 0.3) is 0 Å². The monoisotopic (exact) mass is 312 g/mol. The van der Waals surface area contributed by atoms with Crippen molar-refractivity contribution in [3.63, 3.8) is 0 Å². The average Bonchev–Trinajstić information content (AvgIpc) is 2.42. The third-order valence-corrected chi connectivity index (χ3v) is 2.87. The van der Waals surface area contributed by atoms with Crippen LogP contribution in [0.15, 0.2) is 24.3 Å². The van der Waals surface area contributed by atoms with E-state index in [-0.39, 0.29) is 5.56 Å². The largest absolute Gasteiger partial charge is 0.494 e. The molecule has 1 aromatic carbocycles. The lowest BCUT2D eigenvalue weighted by atomic mass is 10.0. The molecule has 1 unspecified atom stereocenters. The predicted octanol–water partition coefficient (Wildman–Crippen LogP) is 4.75. The van der Waals surface area contributed by atoms with Gasteiger partial charge in [-0.15, -0.1) is 0 Å². The van der Waals surface area contributed by atoms with Gasteiger partial charge in [-0.05, 0) is 24.1 Å². The van der Waals surface area contributed by atoms with Gasteiger partial charge in [0.1, 0.15) is 5.75 Å². The van der Waals surface area contributed by atoms with Crippen molar-refractivity contribution in [3.8, 4) is 5.75 Å². The first kappa shape index (κ1) is 17.7. The Hall–Kier alpha value is -1.37. The van der Waals surface area contributed by atoms with Crippen molar-refractivity contribution in [2.24, 2.45) is 0 Å². The summed E-state index contributed by atoms with van der Waals surface area (Å²) < 4.78 is 72.9. The Kier molecular flexibility index (Phi) is 5.95. The smallest absolute Gasteiger partial charge is 0.453 e. The van der Waals surface area contributed by atoms with E-state index >= 15 is 0 Å². The van der Waals surface area contributed by atoms with Gasteiger partial charge >= 0.3 is 12.1 Å². The first-order valence-corrected chi connectivity index (χ1v) is 6.41. The summed E-state index contributed by atoms with van der Waals surface area (Å²) in [6.45, 7) is 2.42. The molecule has 1 atom stereocenters. The lowest BCUT2D eigenvalue weighted by molar-refractivity contribution is -0.291. The molecule has 0 aromatic heterocycles. The maximum Gasteiger partial charge on any atom is 0.453 e. The molecule has 0 amide bonds.